The second-order valence-corrected chi connectivity index (χ2v) is 6.00. The molecule has 1 atom stereocenters. The molecule has 0 aromatic heterocycles. The van der Waals surface area contributed by atoms with Crippen LogP contribution < -0.4 is 5.32 Å². The highest BCUT2D eigenvalue weighted by Gasteiger charge is 2.32. The van der Waals surface area contributed by atoms with Crippen LogP contribution in [-0.2, 0) is 6.54 Å². The Morgan fingerprint density at radius 3 is 3.05 bits per heavy atom. The van der Waals surface area contributed by atoms with Crippen LogP contribution in [0.25, 0.3) is 0 Å². The molecule has 2 heterocycles. The van der Waals surface area contributed by atoms with Crippen molar-refractivity contribution in [3.63, 3.8) is 0 Å². The minimum atomic E-state index is -0.336. The molecular weight excluding hydrogens is 334 g/mol. The number of carbonyl (C=O) groups excluding carboxylic acids is 2. The Labute approximate surface area is 129 Å². The molecule has 4 rings (SSSR count). The van der Waals surface area contributed by atoms with Gasteiger partial charge >= 0.3 is 6.03 Å². The molecule has 0 bridgehead atoms. The molecule has 0 fully saturated rings. The molecule has 1 aromatic carbocycles. The van der Waals surface area contributed by atoms with Crippen LogP contribution in [0.15, 0.2) is 51.6 Å². The number of aliphatic imine (C=N–C) groups is 1. The Hall–Kier alpha value is -2.21. The normalized spacial score (nSPS) is 22.7. The van der Waals surface area contributed by atoms with Gasteiger partial charge in [0.1, 0.15) is 0 Å². The SMILES string of the molecule is O=C1N=C2C=C(N3Cc4cc(Br)ccc4C3=O)C=CC2N1. The third-order valence-electron chi connectivity index (χ3n) is 3.77. The monoisotopic (exact) mass is 343 g/mol. The predicted molar refractivity (Wildman–Crippen MR) is 81.0 cm³/mol. The second-order valence-electron chi connectivity index (χ2n) is 5.08. The summed E-state index contributed by atoms with van der Waals surface area (Å²) in [5, 5.41) is 2.72. The fourth-order valence-corrected chi connectivity index (χ4v) is 3.16. The maximum absolute atomic E-state index is 12.5. The van der Waals surface area contributed by atoms with E-state index < -0.39 is 0 Å². The molecule has 0 spiro atoms. The van der Waals surface area contributed by atoms with Crippen LogP contribution in [0.4, 0.5) is 4.79 Å². The summed E-state index contributed by atoms with van der Waals surface area (Å²) in [5.41, 5.74) is 3.13. The molecule has 0 saturated carbocycles. The number of fused-ring (bicyclic) bond motifs is 2. The third kappa shape index (κ3) is 1.94. The van der Waals surface area contributed by atoms with Crippen molar-refractivity contribution >= 4 is 33.6 Å². The fraction of sp³-hybridized carbons (Fsp3) is 0.133. The molecule has 6 heteroatoms. The number of urea groups is 1. The lowest BCUT2D eigenvalue weighted by Crippen LogP contribution is -2.33. The van der Waals surface area contributed by atoms with E-state index >= 15 is 0 Å². The van der Waals surface area contributed by atoms with Crippen molar-refractivity contribution in [2.45, 2.75) is 12.6 Å². The molecule has 1 aromatic rings. The summed E-state index contributed by atoms with van der Waals surface area (Å²) in [5.74, 6) is -0.0234. The van der Waals surface area contributed by atoms with Gasteiger partial charge in [-0.05, 0) is 35.9 Å². The molecule has 1 N–H and O–H groups in total. The van der Waals surface area contributed by atoms with Gasteiger partial charge in [0.2, 0.25) is 0 Å². The Bertz CT molecular complexity index is 779. The van der Waals surface area contributed by atoms with Gasteiger partial charge in [-0.3, -0.25) is 4.79 Å². The van der Waals surface area contributed by atoms with Gasteiger partial charge in [0.15, 0.2) is 0 Å². The van der Waals surface area contributed by atoms with Crippen LogP contribution in [0, 0.1) is 0 Å². The highest BCUT2D eigenvalue weighted by atomic mass is 79.9. The van der Waals surface area contributed by atoms with E-state index in [1.165, 1.54) is 0 Å². The van der Waals surface area contributed by atoms with E-state index in [9.17, 15) is 9.59 Å². The molecule has 21 heavy (non-hydrogen) atoms. The zero-order chi connectivity index (χ0) is 14.6. The van der Waals surface area contributed by atoms with E-state index in [1.807, 2.05) is 30.4 Å². The van der Waals surface area contributed by atoms with Crippen molar-refractivity contribution < 1.29 is 9.59 Å². The van der Waals surface area contributed by atoms with E-state index in [1.54, 1.807) is 11.0 Å². The van der Waals surface area contributed by atoms with Gasteiger partial charge in [0.25, 0.3) is 5.91 Å². The van der Waals surface area contributed by atoms with Gasteiger partial charge in [-0.25, -0.2) is 4.79 Å². The van der Waals surface area contributed by atoms with Gasteiger partial charge in [-0.1, -0.05) is 22.0 Å². The summed E-state index contributed by atoms with van der Waals surface area (Å²) < 4.78 is 0.957. The van der Waals surface area contributed by atoms with Gasteiger partial charge in [-0.2, -0.15) is 4.99 Å². The first kappa shape index (κ1) is 12.5. The largest absolute Gasteiger partial charge is 0.342 e. The second kappa shape index (κ2) is 4.39. The van der Waals surface area contributed by atoms with Crippen LogP contribution in [0.3, 0.4) is 0 Å². The third-order valence-corrected chi connectivity index (χ3v) is 4.26. The van der Waals surface area contributed by atoms with Crippen molar-refractivity contribution in [2.75, 3.05) is 0 Å². The molecular formula is C15H10BrN3O2. The number of nitrogens with zero attached hydrogens (tertiary/aromatic N) is 2. The summed E-state index contributed by atoms with van der Waals surface area (Å²) in [6.07, 6.45) is 5.50. The van der Waals surface area contributed by atoms with Crippen molar-refractivity contribution in [3.8, 4) is 0 Å². The lowest BCUT2D eigenvalue weighted by Gasteiger charge is -2.21. The molecule has 0 radical (unpaired) electrons. The number of hydrogen-bond acceptors (Lipinski definition) is 2. The fourth-order valence-electron chi connectivity index (χ4n) is 2.75. The van der Waals surface area contributed by atoms with Crippen LogP contribution >= 0.6 is 15.9 Å². The number of nitrogens with one attached hydrogen (secondary N) is 1. The Balaban J connectivity index is 1.69. The number of carbonyl (C=O) groups is 2. The molecule has 1 aliphatic carbocycles. The Morgan fingerprint density at radius 2 is 2.19 bits per heavy atom. The Morgan fingerprint density at radius 1 is 1.33 bits per heavy atom. The van der Waals surface area contributed by atoms with Crippen molar-refractivity contribution in [3.05, 3.63) is 57.7 Å². The van der Waals surface area contributed by atoms with Gasteiger partial charge in [0.05, 0.1) is 18.3 Å². The zero-order valence-electron chi connectivity index (χ0n) is 10.8. The maximum atomic E-state index is 12.5. The molecule has 5 nitrogen and oxygen atoms in total. The zero-order valence-corrected chi connectivity index (χ0v) is 12.4. The van der Waals surface area contributed by atoms with Gasteiger partial charge in [-0.15, -0.1) is 0 Å². The molecule has 1 unspecified atom stereocenters. The van der Waals surface area contributed by atoms with E-state index in [0.717, 1.165) is 21.3 Å². The van der Waals surface area contributed by atoms with Crippen molar-refractivity contribution in [1.29, 1.82) is 0 Å². The molecule has 0 saturated heterocycles. The van der Waals surface area contributed by atoms with Crippen molar-refractivity contribution in [1.82, 2.24) is 10.2 Å². The van der Waals surface area contributed by atoms with E-state index in [4.69, 9.17) is 0 Å². The number of halogens is 1. The highest BCUT2D eigenvalue weighted by Crippen LogP contribution is 2.30. The first-order chi connectivity index (χ1) is 10.1. The Kier molecular flexibility index (Phi) is 2.62. The minimum Gasteiger partial charge on any atom is -0.324 e. The lowest BCUT2D eigenvalue weighted by atomic mass is 10.1. The van der Waals surface area contributed by atoms with Gasteiger partial charge < -0.3 is 10.2 Å². The molecule has 2 aliphatic heterocycles. The summed E-state index contributed by atoms with van der Waals surface area (Å²) >= 11 is 3.42. The van der Waals surface area contributed by atoms with E-state index in [2.05, 4.69) is 26.2 Å². The average Bonchev–Trinajstić information content (AvgIpc) is 2.97. The van der Waals surface area contributed by atoms with Crippen LogP contribution in [0.1, 0.15) is 15.9 Å². The smallest absolute Gasteiger partial charge is 0.324 e. The number of hydrogen-bond donors (Lipinski definition) is 1. The van der Waals surface area contributed by atoms with Crippen molar-refractivity contribution in [2.24, 2.45) is 4.99 Å². The molecule has 3 amide bonds. The van der Waals surface area contributed by atoms with Gasteiger partial charge in [0, 0.05) is 15.7 Å². The van der Waals surface area contributed by atoms with Crippen LogP contribution in [0.2, 0.25) is 0 Å². The summed E-state index contributed by atoms with van der Waals surface area (Å²) in [7, 11) is 0. The summed E-state index contributed by atoms with van der Waals surface area (Å²) in [6, 6.07) is 5.15. The van der Waals surface area contributed by atoms with Crippen LogP contribution in [-0.4, -0.2) is 28.6 Å². The standard InChI is InChI=1S/C15H10BrN3O2/c16-9-1-3-11-8(5-9)7-19(14(11)20)10-2-4-12-13(6-10)18-15(21)17-12/h1-6,12H,7H2,(H,17,21). The summed E-state index contributed by atoms with van der Waals surface area (Å²) in [4.78, 5) is 29.4. The maximum Gasteiger partial charge on any atom is 0.342 e. The minimum absolute atomic E-state index is 0.0234. The van der Waals surface area contributed by atoms with Crippen LogP contribution in [0.5, 0.6) is 0 Å². The average molecular weight is 344 g/mol. The lowest BCUT2D eigenvalue weighted by molar-refractivity contribution is 0.0831. The quantitative estimate of drug-likeness (QED) is 0.850. The highest BCUT2D eigenvalue weighted by molar-refractivity contribution is 9.10. The topological polar surface area (TPSA) is 61.8 Å². The number of benzene rings is 1. The molecule has 3 aliphatic rings. The number of amides is 3. The first-order valence-corrected chi connectivity index (χ1v) is 7.30. The number of rotatable bonds is 1. The summed E-state index contributed by atoms with van der Waals surface area (Å²) in [6.45, 7) is 0.531. The van der Waals surface area contributed by atoms with E-state index in [-0.39, 0.29) is 18.0 Å². The molecule has 104 valence electrons. The predicted octanol–water partition coefficient (Wildman–Crippen LogP) is 2.39. The number of allylic oxidation sites excluding steroid dienone is 1. The van der Waals surface area contributed by atoms with E-state index in [0.29, 0.717) is 12.3 Å². The first-order valence-electron chi connectivity index (χ1n) is 6.51.